The van der Waals surface area contributed by atoms with Crippen molar-refractivity contribution in [3.63, 3.8) is 0 Å². The third-order valence-electron chi connectivity index (χ3n) is 2.45. The molecule has 2 rings (SSSR count). The Bertz CT molecular complexity index is 516. The van der Waals surface area contributed by atoms with Gasteiger partial charge in [-0.05, 0) is 29.7 Å². The smallest absolute Gasteiger partial charge is 0.159 e. The van der Waals surface area contributed by atoms with E-state index in [0.717, 1.165) is 17.2 Å². The molecule has 0 N–H and O–H groups in total. The fourth-order valence-electron chi connectivity index (χ4n) is 1.56. The molecule has 0 saturated heterocycles. The molecule has 17 heavy (non-hydrogen) atoms. The SMILES string of the molecule is Fc1ccc(C/C=C/c2ccccc2)cc1F. The van der Waals surface area contributed by atoms with Crippen molar-refractivity contribution < 1.29 is 8.78 Å². The van der Waals surface area contributed by atoms with Gasteiger partial charge >= 0.3 is 0 Å². The van der Waals surface area contributed by atoms with E-state index >= 15 is 0 Å². The summed E-state index contributed by atoms with van der Waals surface area (Å²) in [4.78, 5) is 0. The summed E-state index contributed by atoms with van der Waals surface area (Å²) < 4.78 is 25.6. The van der Waals surface area contributed by atoms with E-state index < -0.39 is 11.6 Å². The summed E-state index contributed by atoms with van der Waals surface area (Å²) in [5.74, 6) is -1.60. The average molecular weight is 230 g/mol. The highest BCUT2D eigenvalue weighted by atomic mass is 19.2. The van der Waals surface area contributed by atoms with Gasteiger partial charge in [-0.2, -0.15) is 0 Å². The van der Waals surface area contributed by atoms with Crippen LogP contribution in [0.3, 0.4) is 0 Å². The van der Waals surface area contributed by atoms with Crippen molar-refractivity contribution in [2.75, 3.05) is 0 Å². The lowest BCUT2D eigenvalue weighted by molar-refractivity contribution is 0.507. The normalized spacial score (nSPS) is 10.9. The lowest BCUT2D eigenvalue weighted by Crippen LogP contribution is -1.87. The molecule has 86 valence electrons. The number of halogens is 2. The molecule has 2 aromatic carbocycles. The minimum Gasteiger partial charge on any atom is -0.204 e. The molecule has 0 amide bonds. The summed E-state index contributed by atoms with van der Waals surface area (Å²) in [6.07, 6.45) is 4.48. The van der Waals surface area contributed by atoms with Crippen molar-refractivity contribution in [3.05, 3.63) is 77.4 Å². The van der Waals surface area contributed by atoms with Crippen molar-refractivity contribution in [2.45, 2.75) is 6.42 Å². The van der Waals surface area contributed by atoms with Crippen LogP contribution in [-0.4, -0.2) is 0 Å². The van der Waals surface area contributed by atoms with Crippen molar-refractivity contribution in [1.29, 1.82) is 0 Å². The zero-order valence-electron chi connectivity index (χ0n) is 9.24. The first-order chi connectivity index (χ1) is 8.25. The van der Waals surface area contributed by atoms with Gasteiger partial charge in [0.1, 0.15) is 0 Å². The Labute approximate surface area is 99.2 Å². The minimum absolute atomic E-state index is 0.589. The Morgan fingerprint density at radius 2 is 1.65 bits per heavy atom. The number of hydrogen-bond acceptors (Lipinski definition) is 0. The molecule has 2 heteroatoms. The van der Waals surface area contributed by atoms with Gasteiger partial charge in [0.2, 0.25) is 0 Å². The Kier molecular flexibility index (Phi) is 3.66. The molecular formula is C15H12F2. The van der Waals surface area contributed by atoms with Crippen LogP contribution in [0.5, 0.6) is 0 Å². The zero-order valence-corrected chi connectivity index (χ0v) is 9.24. The van der Waals surface area contributed by atoms with E-state index in [-0.39, 0.29) is 0 Å². The Hall–Kier alpha value is -1.96. The van der Waals surface area contributed by atoms with Crippen LogP contribution in [0.15, 0.2) is 54.6 Å². The fourth-order valence-corrected chi connectivity index (χ4v) is 1.56. The molecule has 2 aromatic rings. The van der Waals surface area contributed by atoms with Gasteiger partial charge in [0.05, 0.1) is 0 Å². The van der Waals surface area contributed by atoms with Gasteiger partial charge in [-0.15, -0.1) is 0 Å². The molecular weight excluding hydrogens is 218 g/mol. The number of rotatable bonds is 3. The lowest BCUT2D eigenvalue weighted by Gasteiger charge is -1.98. The number of allylic oxidation sites excluding steroid dienone is 1. The van der Waals surface area contributed by atoms with Gasteiger partial charge in [0, 0.05) is 0 Å². The first kappa shape index (κ1) is 11.5. The maximum Gasteiger partial charge on any atom is 0.159 e. The first-order valence-corrected chi connectivity index (χ1v) is 5.41. The van der Waals surface area contributed by atoms with Crippen LogP contribution >= 0.6 is 0 Å². The molecule has 0 heterocycles. The topological polar surface area (TPSA) is 0 Å². The van der Waals surface area contributed by atoms with Crippen molar-refractivity contribution in [1.82, 2.24) is 0 Å². The quantitative estimate of drug-likeness (QED) is 0.740. The molecule has 0 saturated carbocycles. The van der Waals surface area contributed by atoms with Crippen LogP contribution in [0.1, 0.15) is 11.1 Å². The minimum atomic E-state index is -0.805. The second-order valence-corrected chi connectivity index (χ2v) is 3.77. The predicted molar refractivity (Wildman–Crippen MR) is 65.5 cm³/mol. The average Bonchev–Trinajstić information content (AvgIpc) is 2.35. The summed E-state index contributed by atoms with van der Waals surface area (Å²) in [5.41, 5.74) is 1.85. The summed E-state index contributed by atoms with van der Waals surface area (Å²) in [5, 5.41) is 0. The second kappa shape index (κ2) is 5.39. The zero-order chi connectivity index (χ0) is 12.1. The summed E-state index contributed by atoms with van der Waals surface area (Å²) >= 11 is 0. The molecule has 0 aliphatic carbocycles. The lowest BCUT2D eigenvalue weighted by atomic mass is 10.1. The number of hydrogen-bond donors (Lipinski definition) is 0. The van der Waals surface area contributed by atoms with Crippen molar-refractivity contribution in [2.24, 2.45) is 0 Å². The summed E-state index contributed by atoms with van der Waals surface area (Å²) in [6.45, 7) is 0. The second-order valence-electron chi connectivity index (χ2n) is 3.77. The Morgan fingerprint density at radius 1 is 0.882 bits per heavy atom. The molecule has 0 aromatic heterocycles. The highest BCUT2D eigenvalue weighted by molar-refractivity contribution is 5.49. The van der Waals surface area contributed by atoms with E-state index in [1.54, 1.807) is 6.07 Å². The van der Waals surface area contributed by atoms with Crippen LogP contribution in [-0.2, 0) is 6.42 Å². The Balaban J connectivity index is 2.03. The first-order valence-electron chi connectivity index (χ1n) is 5.41. The summed E-state index contributed by atoms with van der Waals surface area (Å²) in [6, 6.07) is 13.8. The van der Waals surface area contributed by atoms with E-state index in [1.165, 1.54) is 6.07 Å². The van der Waals surface area contributed by atoms with E-state index in [1.807, 2.05) is 42.5 Å². The largest absolute Gasteiger partial charge is 0.204 e. The number of benzene rings is 2. The molecule has 0 aliphatic heterocycles. The van der Waals surface area contributed by atoms with Crippen LogP contribution in [0.4, 0.5) is 8.78 Å². The third-order valence-corrected chi connectivity index (χ3v) is 2.45. The summed E-state index contributed by atoms with van der Waals surface area (Å²) in [7, 11) is 0. The van der Waals surface area contributed by atoms with Gasteiger partial charge in [0.25, 0.3) is 0 Å². The van der Waals surface area contributed by atoms with Crippen LogP contribution in [0, 0.1) is 11.6 Å². The molecule has 0 unspecified atom stereocenters. The highest BCUT2D eigenvalue weighted by Gasteiger charge is 2.00. The molecule has 0 atom stereocenters. The van der Waals surface area contributed by atoms with Crippen molar-refractivity contribution >= 4 is 6.08 Å². The van der Waals surface area contributed by atoms with Gasteiger partial charge in [-0.3, -0.25) is 0 Å². The molecule has 0 radical (unpaired) electrons. The van der Waals surface area contributed by atoms with Crippen LogP contribution < -0.4 is 0 Å². The molecule has 0 bridgehead atoms. The molecule has 0 spiro atoms. The van der Waals surface area contributed by atoms with E-state index in [4.69, 9.17) is 0 Å². The van der Waals surface area contributed by atoms with Gasteiger partial charge in [-0.1, -0.05) is 48.6 Å². The maximum absolute atomic E-state index is 12.9. The standard InChI is InChI=1S/C15H12F2/c16-14-10-9-13(11-15(14)17)8-4-7-12-5-2-1-3-6-12/h1-7,9-11H,8H2/b7-4+. The maximum atomic E-state index is 12.9. The van der Waals surface area contributed by atoms with E-state index in [9.17, 15) is 8.78 Å². The van der Waals surface area contributed by atoms with E-state index in [2.05, 4.69) is 0 Å². The van der Waals surface area contributed by atoms with Crippen LogP contribution in [0.2, 0.25) is 0 Å². The molecule has 0 fully saturated rings. The van der Waals surface area contributed by atoms with Gasteiger partial charge in [-0.25, -0.2) is 8.78 Å². The molecule has 0 aliphatic rings. The van der Waals surface area contributed by atoms with Gasteiger partial charge < -0.3 is 0 Å². The highest BCUT2D eigenvalue weighted by Crippen LogP contribution is 2.10. The van der Waals surface area contributed by atoms with E-state index in [0.29, 0.717) is 6.42 Å². The monoisotopic (exact) mass is 230 g/mol. The third kappa shape index (κ3) is 3.25. The van der Waals surface area contributed by atoms with Crippen molar-refractivity contribution in [3.8, 4) is 0 Å². The predicted octanol–water partition coefficient (Wildman–Crippen LogP) is 4.22. The van der Waals surface area contributed by atoms with Gasteiger partial charge in [0.15, 0.2) is 11.6 Å². The van der Waals surface area contributed by atoms with Crippen LogP contribution in [0.25, 0.3) is 6.08 Å². The molecule has 0 nitrogen and oxygen atoms in total. The fraction of sp³-hybridized carbons (Fsp3) is 0.0667. The Morgan fingerprint density at radius 3 is 2.35 bits per heavy atom.